The first-order valence-electron chi connectivity index (χ1n) is 8.99. The zero-order valence-corrected chi connectivity index (χ0v) is 16.7. The number of anilines is 2. The molecule has 2 heterocycles. The van der Waals surface area contributed by atoms with Crippen molar-refractivity contribution in [3.8, 4) is 11.5 Å². The lowest BCUT2D eigenvalue weighted by molar-refractivity contribution is -0.115. The third-order valence-electron chi connectivity index (χ3n) is 4.56. The molecule has 3 aromatic rings. The molecule has 8 heteroatoms. The van der Waals surface area contributed by atoms with Gasteiger partial charge in [-0.1, -0.05) is 23.7 Å². The number of aliphatic imine (C=N–C) groups is 1. The fourth-order valence-electron chi connectivity index (χ4n) is 3.13. The Hall–Kier alpha value is -3.16. The highest BCUT2D eigenvalue weighted by Crippen LogP contribution is 2.38. The average Bonchev–Trinajstić information content (AvgIpc) is 3.12. The lowest BCUT2D eigenvalue weighted by Gasteiger charge is -2.16. The van der Waals surface area contributed by atoms with E-state index in [4.69, 9.17) is 21.0 Å². The van der Waals surface area contributed by atoms with Crippen LogP contribution in [0, 0.1) is 0 Å². The molecule has 0 saturated heterocycles. The normalized spacial score (nSPS) is 13.4. The molecule has 1 aliphatic heterocycles. The van der Waals surface area contributed by atoms with E-state index in [9.17, 15) is 9.90 Å². The first-order chi connectivity index (χ1) is 13.9. The highest BCUT2D eigenvalue weighted by molar-refractivity contribution is 6.34. The lowest BCUT2D eigenvalue weighted by atomic mass is 10.0. The van der Waals surface area contributed by atoms with Crippen molar-refractivity contribution in [3.05, 3.63) is 58.9 Å². The van der Waals surface area contributed by atoms with Gasteiger partial charge in [0.15, 0.2) is 0 Å². The number of aliphatic hydroxyl groups is 1. The van der Waals surface area contributed by atoms with Gasteiger partial charge in [0.25, 0.3) is 0 Å². The molecule has 0 unspecified atom stereocenters. The van der Waals surface area contributed by atoms with Crippen LogP contribution < -0.4 is 10.2 Å². The average molecular weight is 411 g/mol. The van der Waals surface area contributed by atoms with Gasteiger partial charge in [0, 0.05) is 19.7 Å². The van der Waals surface area contributed by atoms with Crippen molar-refractivity contribution in [2.75, 3.05) is 24.3 Å². The molecule has 148 valence electrons. The highest BCUT2D eigenvalue weighted by Gasteiger charge is 2.20. The van der Waals surface area contributed by atoms with Crippen LogP contribution in [-0.2, 0) is 11.4 Å². The van der Waals surface area contributed by atoms with Crippen LogP contribution in [0.1, 0.15) is 17.7 Å². The van der Waals surface area contributed by atoms with E-state index in [2.05, 4.69) is 10.3 Å². The topological polar surface area (TPSA) is 91.0 Å². The summed E-state index contributed by atoms with van der Waals surface area (Å²) in [5, 5.41) is 12.6. The number of rotatable bonds is 4. The summed E-state index contributed by atoms with van der Waals surface area (Å²) in [6.07, 6.45) is 1.54. The predicted molar refractivity (Wildman–Crippen MR) is 113 cm³/mol. The number of carbonyl (C=O) groups excluding carboxylic acids is 1. The number of nitrogens with one attached hydrogen (secondary N) is 1. The number of aliphatic hydroxyl groups excluding tert-OH is 1. The highest BCUT2D eigenvalue weighted by atomic mass is 35.5. The van der Waals surface area contributed by atoms with Crippen LogP contribution in [0.2, 0.25) is 5.02 Å². The minimum Gasteiger partial charge on any atom is -0.444 e. The van der Waals surface area contributed by atoms with E-state index < -0.39 is 0 Å². The zero-order valence-electron chi connectivity index (χ0n) is 15.9. The first kappa shape index (κ1) is 19.2. The minimum atomic E-state index is -0.191. The summed E-state index contributed by atoms with van der Waals surface area (Å²) < 4.78 is 5.43. The van der Waals surface area contributed by atoms with E-state index in [0.717, 1.165) is 16.8 Å². The SMILES string of the molecule is CN(C)c1cc2c(cc1Cl)NC(=O)CC(c1cccc(-c3nc(CO)co3)c1)=N2. The molecule has 1 aromatic heterocycles. The Kier molecular flexibility index (Phi) is 5.08. The largest absolute Gasteiger partial charge is 0.444 e. The summed E-state index contributed by atoms with van der Waals surface area (Å²) in [6, 6.07) is 11.0. The van der Waals surface area contributed by atoms with Gasteiger partial charge in [0.05, 0.1) is 40.8 Å². The Bertz CT molecular complexity index is 1120. The second-order valence-electron chi connectivity index (χ2n) is 6.88. The first-order valence-corrected chi connectivity index (χ1v) is 9.36. The van der Waals surface area contributed by atoms with Crippen molar-refractivity contribution in [1.82, 2.24) is 4.98 Å². The van der Waals surface area contributed by atoms with Crippen molar-refractivity contribution in [1.29, 1.82) is 0 Å². The molecule has 0 spiro atoms. The van der Waals surface area contributed by atoms with Crippen LogP contribution in [0.5, 0.6) is 0 Å². The number of benzene rings is 2. The quantitative estimate of drug-likeness (QED) is 0.678. The van der Waals surface area contributed by atoms with Crippen LogP contribution in [0.15, 0.2) is 52.1 Å². The summed E-state index contributed by atoms with van der Waals surface area (Å²) in [5.41, 5.74) is 4.65. The molecule has 0 radical (unpaired) electrons. The molecule has 1 amide bonds. The Morgan fingerprint density at radius 3 is 2.76 bits per heavy atom. The van der Waals surface area contributed by atoms with Crippen LogP contribution >= 0.6 is 11.6 Å². The summed E-state index contributed by atoms with van der Waals surface area (Å²) in [6.45, 7) is -0.191. The molecule has 2 aromatic carbocycles. The van der Waals surface area contributed by atoms with Gasteiger partial charge in [-0.3, -0.25) is 9.79 Å². The third-order valence-corrected chi connectivity index (χ3v) is 4.86. The maximum absolute atomic E-state index is 12.5. The number of nitrogens with zero attached hydrogens (tertiary/aromatic N) is 3. The van der Waals surface area contributed by atoms with E-state index in [-0.39, 0.29) is 18.9 Å². The van der Waals surface area contributed by atoms with Crippen molar-refractivity contribution in [2.24, 2.45) is 4.99 Å². The van der Waals surface area contributed by atoms with Crippen LogP contribution in [0.4, 0.5) is 17.1 Å². The zero-order chi connectivity index (χ0) is 20.5. The number of fused-ring (bicyclic) bond motifs is 1. The fourth-order valence-corrected chi connectivity index (χ4v) is 3.46. The molecule has 0 bridgehead atoms. The van der Waals surface area contributed by atoms with E-state index >= 15 is 0 Å². The van der Waals surface area contributed by atoms with Crippen molar-refractivity contribution in [3.63, 3.8) is 0 Å². The number of aromatic nitrogens is 1. The minimum absolute atomic E-state index is 0.126. The number of hydrogen-bond donors (Lipinski definition) is 2. The summed E-state index contributed by atoms with van der Waals surface area (Å²) in [4.78, 5) is 23.3. The monoisotopic (exact) mass is 410 g/mol. The van der Waals surface area contributed by atoms with Gasteiger partial charge in [0.1, 0.15) is 12.0 Å². The summed E-state index contributed by atoms with van der Waals surface area (Å²) in [5.74, 6) is 0.233. The Morgan fingerprint density at radius 2 is 2.03 bits per heavy atom. The molecule has 1 aliphatic rings. The maximum atomic E-state index is 12.5. The molecule has 7 nitrogen and oxygen atoms in total. The fraction of sp³-hybridized carbons (Fsp3) is 0.190. The number of hydrogen-bond acceptors (Lipinski definition) is 6. The molecule has 0 aliphatic carbocycles. The second-order valence-corrected chi connectivity index (χ2v) is 7.29. The summed E-state index contributed by atoms with van der Waals surface area (Å²) >= 11 is 6.34. The molecular weight excluding hydrogens is 392 g/mol. The van der Waals surface area contributed by atoms with Gasteiger partial charge in [-0.05, 0) is 29.8 Å². The van der Waals surface area contributed by atoms with Crippen molar-refractivity contribution < 1.29 is 14.3 Å². The van der Waals surface area contributed by atoms with Crippen LogP contribution in [0.3, 0.4) is 0 Å². The molecule has 2 N–H and O–H groups in total. The van der Waals surface area contributed by atoms with E-state index in [1.54, 1.807) is 6.07 Å². The van der Waals surface area contributed by atoms with E-state index in [0.29, 0.717) is 33.7 Å². The van der Waals surface area contributed by atoms with Crippen molar-refractivity contribution in [2.45, 2.75) is 13.0 Å². The number of amides is 1. The molecule has 0 saturated carbocycles. The number of halogens is 1. The van der Waals surface area contributed by atoms with Gasteiger partial charge < -0.3 is 19.7 Å². The number of oxazole rings is 1. The Balaban J connectivity index is 1.78. The van der Waals surface area contributed by atoms with Crippen molar-refractivity contribution >= 4 is 40.3 Å². The van der Waals surface area contributed by atoms with E-state index in [1.807, 2.05) is 49.3 Å². The molecule has 29 heavy (non-hydrogen) atoms. The van der Waals surface area contributed by atoms with Gasteiger partial charge in [-0.25, -0.2) is 4.98 Å². The molecule has 4 rings (SSSR count). The number of carbonyl (C=O) groups is 1. The predicted octanol–water partition coefficient (Wildman–Crippen LogP) is 4.02. The smallest absolute Gasteiger partial charge is 0.230 e. The Morgan fingerprint density at radius 1 is 1.24 bits per heavy atom. The molecule has 0 atom stereocenters. The second kappa shape index (κ2) is 7.69. The van der Waals surface area contributed by atoms with Gasteiger partial charge in [-0.15, -0.1) is 0 Å². The van der Waals surface area contributed by atoms with E-state index in [1.165, 1.54) is 6.26 Å². The molecule has 0 fully saturated rings. The third kappa shape index (κ3) is 3.87. The van der Waals surface area contributed by atoms with Gasteiger partial charge in [-0.2, -0.15) is 0 Å². The van der Waals surface area contributed by atoms with Gasteiger partial charge in [0.2, 0.25) is 11.8 Å². The molecular formula is C21H19ClN4O3. The van der Waals surface area contributed by atoms with Gasteiger partial charge >= 0.3 is 0 Å². The summed E-state index contributed by atoms with van der Waals surface area (Å²) in [7, 11) is 3.79. The van der Waals surface area contributed by atoms with Crippen LogP contribution in [0.25, 0.3) is 11.5 Å². The maximum Gasteiger partial charge on any atom is 0.230 e. The van der Waals surface area contributed by atoms with Crippen LogP contribution in [-0.4, -0.2) is 35.8 Å². The standard InChI is InChI=1S/C21H19ClN4O3/c1-26(2)19-8-18-17(7-15(19)22)25-20(28)9-16(24-18)12-4-3-5-13(6-12)21-23-14(10-27)11-29-21/h3-8,11,27H,9-10H2,1-2H3,(H,25,28). The Labute approximate surface area is 172 Å². The lowest BCUT2D eigenvalue weighted by Crippen LogP contribution is -2.15.